The van der Waals surface area contributed by atoms with Crippen LogP contribution in [0, 0.1) is 6.92 Å². The van der Waals surface area contributed by atoms with Crippen molar-refractivity contribution < 1.29 is 22.7 Å². The molecule has 5 rings (SSSR count). The van der Waals surface area contributed by atoms with E-state index in [0.717, 1.165) is 17.4 Å². The Morgan fingerprint density at radius 2 is 1.62 bits per heavy atom. The molecule has 1 spiro atoms. The fourth-order valence-electron chi connectivity index (χ4n) is 6.56. The summed E-state index contributed by atoms with van der Waals surface area (Å²) in [5.41, 5.74) is 0.610. The van der Waals surface area contributed by atoms with Crippen LogP contribution in [0.4, 0.5) is 5.69 Å². The molecule has 0 radical (unpaired) electrons. The number of carbonyl (C=O) groups is 2. The molecule has 0 aromatic heterocycles. The third-order valence-corrected chi connectivity index (χ3v) is 10.3. The maximum atomic E-state index is 14.6. The molecule has 1 fully saturated rings. The molecule has 0 saturated carbocycles. The number of piperidine rings is 1. The largest absolute Gasteiger partial charge is 0.477 e. The van der Waals surface area contributed by atoms with Gasteiger partial charge in [-0.2, -0.15) is 0 Å². The Morgan fingerprint density at radius 3 is 2.27 bits per heavy atom. The van der Waals surface area contributed by atoms with Crippen LogP contribution in [-0.4, -0.2) is 37.1 Å². The number of anilines is 1. The number of thiocarbonyl (C=S) groups is 1. The monoisotopic (exact) mass is 707 g/mol. The van der Waals surface area contributed by atoms with Gasteiger partial charge in [0, 0.05) is 38.7 Å². The van der Waals surface area contributed by atoms with Gasteiger partial charge in [-0.15, -0.1) is 0 Å². The highest BCUT2D eigenvalue weighted by molar-refractivity contribution is 7.89. The molecule has 2 aliphatic heterocycles. The summed E-state index contributed by atoms with van der Waals surface area (Å²) in [5.74, 6) is -1.47. The number of aryl methyl sites for hydroxylation is 1. The SMILES string of the molecule is CCC(CC)(Oc1ccc(Cl)cc1C1CC(=S)NC(c2cc(Cl)ccc2C)C12C(=O)Nc1cc(Cl)ccc12)C(=O)NS(C)(=O)=O. The molecule has 3 unspecified atom stereocenters. The van der Waals surface area contributed by atoms with Gasteiger partial charge in [-0.05, 0) is 78.9 Å². The highest BCUT2D eigenvalue weighted by Crippen LogP contribution is 2.59. The van der Waals surface area contributed by atoms with Crippen molar-refractivity contribution in [3.63, 3.8) is 0 Å². The van der Waals surface area contributed by atoms with Gasteiger partial charge < -0.3 is 15.4 Å². The lowest BCUT2D eigenvalue weighted by Gasteiger charge is -2.48. The first-order chi connectivity index (χ1) is 21.1. The highest BCUT2D eigenvalue weighted by Gasteiger charge is 2.61. The van der Waals surface area contributed by atoms with Crippen LogP contribution >= 0.6 is 47.0 Å². The molecule has 238 valence electrons. The Kier molecular flexibility index (Phi) is 9.20. The Labute approximate surface area is 283 Å². The predicted molar refractivity (Wildman–Crippen MR) is 182 cm³/mol. The van der Waals surface area contributed by atoms with Crippen molar-refractivity contribution in [2.45, 2.75) is 63.0 Å². The number of amides is 2. The summed E-state index contributed by atoms with van der Waals surface area (Å²) >= 11 is 25.3. The molecule has 8 nitrogen and oxygen atoms in total. The minimum absolute atomic E-state index is 0.162. The maximum Gasteiger partial charge on any atom is 0.277 e. The summed E-state index contributed by atoms with van der Waals surface area (Å²) in [5, 5.41) is 7.82. The van der Waals surface area contributed by atoms with E-state index >= 15 is 0 Å². The molecule has 2 aliphatic rings. The van der Waals surface area contributed by atoms with Crippen molar-refractivity contribution in [1.82, 2.24) is 10.0 Å². The summed E-state index contributed by atoms with van der Waals surface area (Å²) in [6, 6.07) is 15.1. The number of carbonyl (C=O) groups excluding carboxylic acids is 2. The Morgan fingerprint density at radius 1 is 1.02 bits per heavy atom. The second-order valence-electron chi connectivity index (χ2n) is 11.5. The van der Waals surface area contributed by atoms with Gasteiger partial charge in [-0.3, -0.25) is 9.59 Å². The smallest absolute Gasteiger partial charge is 0.277 e. The van der Waals surface area contributed by atoms with Crippen molar-refractivity contribution in [3.05, 3.63) is 91.9 Å². The van der Waals surface area contributed by atoms with Gasteiger partial charge in [0.2, 0.25) is 15.9 Å². The van der Waals surface area contributed by atoms with Crippen molar-refractivity contribution in [2.75, 3.05) is 11.6 Å². The molecule has 1 saturated heterocycles. The summed E-state index contributed by atoms with van der Waals surface area (Å²) in [4.78, 5) is 28.5. The Bertz CT molecular complexity index is 1830. The van der Waals surface area contributed by atoms with Crippen LogP contribution in [0.25, 0.3) is 0 Å². The van der Waals surface area contributed by atoms with Crippen LogP contribution in [0.2, 0.25) is 15.1 Å². The van der Waals surface area contributed by atoms with Crippen LogP contribution in [0.1, 0.15) is 67.3 Å². The number of halogens is 3. The fraction of sp³-hybridized carbons (Fsp3) is 0.344. The third kappa shape index (κ3) is 6.03. The maximum absolute atomic E-state index is 14.6. The first kappa shape index (κ1) is 33.5. The van der Waals surface area contributed by atoms with Crippen molar-refractivity contribution in [2.24, 2.45) is 0 Å². The topological polar surface area (TPSA) is 114 Å². The lowest BCUT2D eigenvalue weighted by Crippen LogP contribution is -2.57. The van der Waals surface area contributed by atoms with E-state index in [1.165, 1.54) is 0 Å². The van der Waals surface area contributed by atoms with Crippen LogP contribution in [0.3, 0.4) is 0 Å². The number of nitrogens with one attached hydrogen (secondary N) is 3. The molecule has 0 bridgehead atoms. The van der Waals surface area contributed by atoms with Crippen LogP contribution < -0.4 is 20.1 Å². The zero-order valence-corrected chi connectivity index (χ0v) is 28.9. The minimum atomic E-state index is -3.87. The van der Waals surface area contributed by atoms with E-state index in [0.29, 0.717) is 36.9 Å². The average molecular weight is 709 g/mol. The molecular formula is C32H32Cl3N3O5S2. The lowest BCUT2D eigenvalue weighted by molar-refractivity contribution is -0.135. The van der Waals surface area contributed by atoms with E-state index in [9.17, 15) is 18.0 Å². The summed E-state index contributed by atoms with van der Waals surface area (Å²) < 4.78 is 32.7. The molecule has 2 amide bonds. The summed E-state index contributed by atoms with van der Waals surface area (Å²) in [6.45, 7) is 5.42. The van der Waals surface area contributed by atoms with Crippen molar-refractivity contribution in [1.29, 1.82) is 0 Å². The van der Waals surface area contributed by atoms with Crippen LogP contribution in [0.5, 0.6) is 5.75 Å². The molecule has 3 aromatic carbocycles. The molecule has 13 heteroatoms. The molecule has 0 aliphatic carbocycles. The highest BCUT2D eigenvalue weighted by atomic mass is 35.5. The van der Waals surface area contributed by atoms with Crippen molar-refractivity contribution in [3.8, 4) is 5.75 Å². The number of ether oxygens (including phenoxy) is 1. The van der Waals surface area contributed by atoms with Gasteiger partial charge in [-0.25, -0.2) is 13.1 Å². The van der Waals surface area contributed by atoms with Gasteiger partial charge in [0.25, 0.3) is 5.91 Å². The molecule has 2 heterocycles. The van der Waals surface area contributed by atoms with Crippen molar-refractivity contribution >= 4 is 79.5 Å². The second-order valence-corrected chi connectivity index (χ2v) is 15.0. The quantitative estimate of drug-likeness (QED) is 0.216. The molecule has 45 heavy (non-hydrogen) atoms. The minimum Gasteiger partial charge on any atom is -0.477 e. The number of hydrogen-bond donors (Lipinski definition) is 3. The van der Waals surface area contributed by atoms with Gasteiger partial charge in [-0.1, -0.05) is 73.0 Å². The van der Waals surface area contributed by atoms with Crippen LogP contribution in [-0.2, 0) is 25.0 Å². The van der Waals surface area contributed by atoms with E-state index in [-0.39, 0.29) is 30.9 Å². The van der Waals surface area contributed by atoms with Gasteiger partial charge in [0.05, 0.1) is 17.3 Å². The average Bonchev–Trinajstić information content (AvgIpc) is 3.24. The Hall–Kier alpha value is -2.89. The van der Waals surface area contributed by atoms with Gasteiger partial charge in [0.1, 0.15) is 11.2 Å². The van der Waals surface area contributed by atoms with Gasteiger partial charge >= 0.3 is 0 Å². The summed E-state index contributed by atoms with van der Waals surface area (Å²) in [6.07, 6.45) is 1.47. The lowest BCUT2D eigenvalue weighted by atomic mass is 9.59. The zero-order valence-electron chi connectivity index (χ0n) is 25.0. The normalized spacial score (nSPS) is 21.2. The summed E-state index contributed by atoms with van der Waals surface area (Å²) in [7, 11) is -3.87. The molecule has 3 aromatic rings. The number of hydrogen-bond acceptors (Lipinski definition) is 6. The fourth-order valence-corrected chi connectivity index (χ4v) is 7.90. The first-order valence-corrected chi connectivity index (χ1v) is 17.8. The van der Waals surface area contributed by atoms with Gasteiger partial charge in [0.15, 0.2) is 5.60 Å². The Balaban J connectivity index is 1.78. The van der Waals surface area contributed by atoms with E-state index in [1.807, 2.05) is 25.1 Å². The van der Waals surface area contributed by atoms with E-state index in [1.54, 1.807) is 50.2 Å². The van der Waals surface area contributed by atoms with E-state index in [2.05, 4.69) is 15.4 Å². The number of rotatable bonds is 8. The second kappa shape index (κ2) is 12.4. The first-order valence-electron chi connectivity index (χ1n) is 14.3. The molecular weight excluding hydrogens is 677 g/mol. The number of sulfonamides is 1. The van der Waals surface area contributed by atoms with Crippen LogP contribution in [0.15, 0.2) is 54.6 Å². The molecule has 3 atom stereocenters. The number of benzene rings is 3. The van der Waals surface area contributed by atoms with E-state index in [4.69, 9.17) is 51.8 Å². The molecule has 3 N–H and O–H groups in total. The van der Waals surface area contributed by atoms with E-state index < -0.39 is 38.9 Å². The third-order valence-electron chi connectivity index (χ3n) is 8.79. The standard InChI is InChI=1S/C32H32Cl3N3O5S2/c1-5-31(6-2,29(39)38-45(4,41)42)43-26-12-10-19(34)14-22(26)24-16-27(44)37-28(21-13-18(33)8-7-17(21)3)32(24)23-11-9-20(35)15-25(23)36-30(32)40/h7-15,24,28H,5-6,16H2,1-4H3,(H,36,40)(H,37,44)(H,38,39). The zero-order chi connectivity index (χ0) is 32.9. The number of fused-ring (bicyclic) bond motifs is 2. The predicted octanol–water partition coefficient (Wildman–Crippen LogP) is 7.00.